The number of phenols is 1. The molecule has 0 aliphatic heterocycles. The maximum atomic E-state index is 9.63. The third kappa shape index (κ3) is 4.39. The number of benzene rings is 2. The third-order valence-electron chi connectivity index (χ3n) is 3.52. The van der Waals surface area contributed by atoms with Crippen LogP contribution in [0.3, 0.4) is 0 Å². The molecule has 0 saturated carbocycles. The Morgan fingerprint density at radius 1 is 1.24 bits per heavy atom. The molecule has 0 aliphatic carbocycles. The Labute approximate surface area is 150 Å². The van der Waals surface area contributed by atoms with Crippen LogP contribution in [0.5, 0.6) is 11.5 Å². The van der Waals surface area contributed by atoms with Gasteiger partial charge >= 0.3 is 0 Å². The van der Waals surface area contributed by atoms with Crippen LogP contribution in [0.25, 0.3) is 0 Å². The minimum Gasteiger partial charge on any atom is -0.504 e. The highest BCUT2D eigenvalue weighted by atomic mass is 32.2. The molecule has 1 heterocycles. The quantitative estimate of drug-likeness (QED) is 0.542. The number of methoxy groups -OCH3 is 1. The van der Waals surface area contributed by atoms with E-state index in [1.807, 2.05) is 0 Å². The fourth-order valence-electron chi connectivity index (χ4n) is 2.13. The molecule has 0 bridgehead atoms. The molecular weight excluding hydrogens is 336 g/mol. The van der Waals surface area contributed by atoms with E-state index in [1.165, 1.54) is 18.2 Å². The first-order valence-electron chi connectivity index (χ1n) is 7.65. The molecule has 1 aromatic heterocycles. The van der Waals surface area contributed by atoms with Gasteiger partial charge in [-0.05, 0) is 36.2 Å². The molecule has 128 valence electrons. The Bertz CT molecular complexity index is 875. The van der Waals surface area contributed by atoms with Gasteiger partial charge in [-0.15, -0.1) is 10.2 Å². The fraction of sp³-hybridized carbons (Fsp3) is 0.167. The molecule has 0 amide bonds. The van der Waals surface area contributed by atoms with Crippen molar-refractivity contribution in [2.45, 2.75) is 17.8 Å². The second-order valence-corrected chi connectivity index (χ2v) is 6.35. The molecule has 2 aromatic carbocycles. The number of phenolic OH excluding ortho intramolecular Hbond substituents is 1. The van der Waals surface area contributed by atoms with Gasteiger partial charge in [0.05, 0.1) is 13.3 Å². The van der Waals surface area contributed by atoms with E-state index in [0.29, 0.717) is 10.9 Å². The van der Waals surface area contributed by atoms with Crippen LogP contribution < -0.4 is 4.74 Å². The Hall–Kier alpha value is -2.80. The Balaban J connectivity index is 1.70. The molecule has 0 atom stereocenters. The largest absolute Gasteiger partial charge is 0.504 e. The maximum Gasteiger partial charge on any atom is 0.212 e. The van der Waals surface area contributed by atoms with Crippen LogP contribution in [0.15, 0.2) is 59.0 Å². The zero-order valence-electron chi connectivity index (χ0n) is 14.0. The van der Waals surface area contributed by atoms with Gasteiger partial charge in [0.15, 0.2) is 11.5 Å². The molecule has 0 aliphatic rings. The molecule has 1 N–H and O–H groups in total. The van der Waals surface area contributed by atoms with E-state index in [-0.39, 0.29) is 5.75 Å². The molecule has 0 radical (unpaired) electrons. The predicted molar refractivity (Wildman–Crippen MR) is 98.4 cm³/mol. The summed E-state index contributed by atoms with van der Waals surface area (Å²) in [4.78, 5) is 0. The highest BCUT2D eigenvalue weighted by molar-refractivity contribution is 7.98. The van der Waals surface area contributed by atoms with Crippen LogP contribution in [0.4, 0.5) is 0 Å². The van der Waals surface area contributed by atoms with Crippen molar-refractivity contribution >= 4 is 18.0 Å². The van der Waals surface area contributed by atoms with Gasteiger partial charge in [-0.1, -0.05) is 41.6 Å². The van der Waals surface area contributed by atoms with Gasteiger partial charge in [-0.3, -0.25) is 0 Å². The van der Waals surface area contributed by atoms with Crippen molar-refractivity contribution in [2.24, 2.45) is 5.10 Å². The number of aromatic hydroxyl groups is 1. The SMILES string of the molecule is COc1cc(C=Nn2cnnc2SCc2ccc(C)cc2)ccc1O. The first-order chi connectivity index (χ1) is 12.2. The number of ether oxygens (including phenoxy) is 1. The maximum absolute atomic E-state index is 9.63. The summed E-state index contributed by atoms with van der Waals surface area (Å²) >= 11 is 1.57. The number of hydrogen-bond donors (Lipinski definition) is 1. The van der Waals surface area contributed by atoms with Crippen LogP contribution in [0, 0.1) is 6.92 Å². The third-order valence-corrected chi connectivity index (χ3v) is 4.53. The van der Waals surface area contributed by atoms with E-state index >= 15 is 0 Å². The van der Waals surface area contributed by atoms with Gasteiger partial charge in [0.25, 0.3) is 0 Å². The van der Waals surface area contributed by atoms with Crippen LogP contribution in [0.2, 0.25) is 0 Å². The van der Waals surface area contributed by atoms with Gasteiger partial charge < -0.3 is 9.84 Å². The topological polar surface area (TPSA) is 72.5 Å². The van der Waals surface area contributed by atoms with Crippen molar-refractivity contribution in [1.29, 1.82) is 0 Å². The molecule has 25 heavy (non-hydrogen) atoms. The fourth-order valence-corrected chi connectivity index (χ4v) is 2.95. The lowest BCUT2D eigenvalue weighted by Gasteiger charge is -2.04. The molecule has 3 rings (SSSR count). The summed E-state index contributed by atoms with van der Waals surface area (Å²) in [6.07, 6.45) is 3.23. The average Bonchev–Trinajstić information content (AvgIpc) is 3.08. The average molecular weight is 354 g/mol. The van der Waals surface area contributed by atoms with E-state index in [1.54, 1.807) is 47.2 Å². The smallest absolute Gasteiger partial charge is 0.212 e. The molecule has 6 nitrogen and oxygen atoms in total. The second kappa shape index (κ2) is 7.85. The molecule has 0 spiro atoms. The van der Waals surface area contributed by atoms with Crippen LogP contribution in [-0.4, -0.2) is 33.3 Å². The van der Waals surface area contributed by atoms with Gasteiger partial charge in [-0.25, -0.2) is 0 Å². The Morgan fingerprint density at radius 2 is 2.04 bits per heavy atom. The van der Waals surface area contributed by atoms with E-state index in [2.05, 4.69) is 46.5 Å². The van der Waals surface area contributed by atoms with Gasteiger partial charge in [0.1, 0.15) is 6.33 Å². The monoisotopic (exact) mass is 354 g/mol. The molecular formula is C18H18N4O2S. The summed E-state index contributed by atoms with van der Waals surface area (Å²) in [6, 6.07) is 13.4. The van der Waals surface area contributed by atoms with E-state index in [0.717, 1.165) is 11.3 Å². The first kappa shape index (κ1) is 17.0. The van der Waals surface area contributed by atoms with Crippen molar-refractivity contribution in [3.63, 3.8) is 0 Å². The Morgan fingerprint density at radius 3 is 2.80 bits per heavy atom. The number of hydrogen-bond acceptors (Lipinski definition) is 6. The minimum absolute atomic E-state index is 0.0956. The zero-order valence-corrected chi connectivity index (χ0v) is 14.8. The van der Waals surface area contributed by atoms with Crippen molar-refractivity contribution in [2.75, 3.05) is 7.11 Å². The lowest BCUT2D eigenvalue weighted by atomic mass is 10.2. The van der Waals surface area contributed by atoms with Crippen LogP contribution in [0.1, 0.15) is 16.7 Å². The summed E-state index contributed by atoms with van der Waals surface area (Å²) in [5.41, 5.74) is 3.26. The summed E-state index contributed by atoms with van der Waals surface area (Å²) in [6.45, 7) is 2.07. The van der Waals surface area contributed by atoms with Crippen molar-refractivity contribution in [3.05, 3.63) is 65.5 Å². The van der Waals surface area contributed by atoms with E-state index < -0.39 is 0 Å². The molecule has 3 aromatic rings. The van der Waals surface area contributed by atoms with Crippen molar-refractivity contribution in [3.8, 4) is 11.5 Å². The van der Waals surface area contributed by atoms with Crippen LogP contribution >= 0.6 is 11.8 Å². The number of rotatable bonds is 6. The van der Waals surface area contributed by atoms with E-state index in [9.17, 15) is 5.11 Å². The number of thioether (sulfide) groups is 1. The zero-order chi connectivity index (χ0) is 17.6. The number of nitrogens with zero attached hydrogens (tertiary/aromatic N) is 4. The summed E-state index contributed by atoms with van der Waals surface area (Å²) in [7, 11) is 1.51. The van der Waals surface area contributed by atoms with Crippen LogP contribution in [-0.2, 0) is 5.75 Å². The predicted octanol–water partition coefficient (Wildman–Crippen LogP) is 3.48. The lowest BCUT2D eigenvalue weighted by Crippen LogP contribution is -1.93. The molecule has 0 fully saturated rings. The molecule has 7 heteroatoms. The summed E-state index contributed by atoms with van der Waals surface area (Å²) in [5.74, 6) is 1.29. The van der Waals surface area contributed by atoms with Crippen molar-refractivity contribution < 1.29 is 9.84 Å². The minimum atomic E-state index is 0.0956. The molecule has 0 saturated heterocycles. The first-order valence-corrected chi connectivity index (χ1v) is 8.64. The van der Waals surface area contributed by atoms with E-state index in [4.69, 9.17) is 4.74 Å². The highest BCUT2D eigenvalue weighted by Crippen LogP contribution is 2.25. The summed E-state index contributed by atoms with van der Waals surface area (Å²) in [5, 5.41) is 22.7. The number of aromatic nitrogens is 3. The van der Waals surface area contributed by atoms with Crippen molar-refractivity contribution in [1.82, 2.24) is 14.9 Å². The lowest BCUT2D eigenvalue weighted by molar-refractivity contribution is 0.373. The van der Waals surface area contributed by atoms with Gasteiger partial charge in [0, 0.05) is 5.75 Å². The highest BCUT2D eigenvalue weighted by Gasteiger charge is 2.05. The Kier molecular flexibility index (Phi) is 5.35. The summed E-state index contributed by atoms with van der Waals surface area (Å²) < 4.78 is 6.72. The molecule has 0 unspecified atom stereocenters. The van der Waals surface area contributed by atoms with Gasteiger partial charge in [-0.2, -0.15) is 9.78 Å². The number of aryl methyl sites for hydroxylation is 1. The second-order valence-electron chi connectivity index (χ2n) is 5.41. The standard InChI is InChI=1S/C18H18N4O2S/c1-13-3-5-14(6-4-13)11-25-18-21-19-12-22(18)20-10-15-7-8-16(23)17(9-15)24-2/h3-10,12,23H,11H2,1-2H3. The normalized spacial score (nSPS) is 11.1. The van der Waals surface area contributed by atoms with Gasteiger partial charge in [0.2, 0.25) is 5.16 Å².